The quantitative estimate of drug-likeness (QED) is 0.688. The molecular weight excluding hydrogens is 306 g/mol. The Balaban J connectivity index is 2.08. The zero-order valence-electron chi connectivity index (χ0n) is 14.6. The summed E-state index contributed by atoms with van der Waals surface area (Å²) < 4.78 is 8.45. The lowest BCUT2D eigenvalue weighted by Gasteiger charge is -2.09. The van der Waals surface area contributed by atoms with Crippen LogP contribution in [0.3, 0.4) is 0 Å². The van der Waals surface area contributed by atoms with Crippen molar-refractivity contribution >= 4 is 17.0 Å². The molecule has 0 aliphatic heterocycles. The molecule has 7 nitrogen and oxygen atoms in total. The predicted molar refractivity (Wildman–Crippen MR) is 90.0 cm³/mol. The lowest BCUT2D eigenvalue weighted by molar-refractivity contribution is 0.0592. The number of nitrogens with zero attached hydrogens (tertiary/aromatic N) is 5. The second-order valence-corrected chi connectivity index (χ2v) is 6.16. The summed E-state index contributed by atoms with van der Waals surface area (Å²) in [4.78, 5) is 21.1. The van der Waals surface area contributed by atoms with E-state index in [2.05, 4.69) is 28.9 Å². The number of carbonyl (C=O) groups excluding carboxylic acids is 1. The van der Waals surface area contributed by atoms with Gasteiger partial charge in [-0.2, -0.15) is 5.10 Å². The molecule has 0 bridgehead atoms. The van der Waals surface area contributed by atoms with Crippen molar-refractivity contribution in [2.24, 2.45) is 7.05 Å². The van der Waals surface area contributed by atoms with Crippen LogP contribution in [0.15, 0.2) is 18.5 Å². The van der Waals surface area contributed by atoms with Gasteiger partial charge in [-0.15, -0.1) is 0 Å². The second-order valence-electron chi connectivity index (χ2n) is 6.16. The van der Waals surface area contributed by atoms with E-state index in [4.69, 9.17) is 4.74 Å². The molecule has 126 valence electrons. The van der Waals surface area contributed by atoms with E-state index in [-0.39, 0.29) is 0 Å². The molecule has 0 atom stereocenters. The van der Waals surface area contributed by atoms with Gasteiger partial charge in [-0.25, -0.2) is 14.8 Å². The Morgan fingerprint density at radius 1 is 1.33 bits per heavy atom. The number of aryl methyl sites for hydroxylation is 2. The summed E-state index contributed by atoms with van der Waals surface area (Å²) in [5.41, 5.74) is 3.03. The number of aromatic nitrogens is 5. The van der Waals surface area contributed by atoms with Crippen molar-refractivity contribution in [2.45, 2.75) is 33.2 Å². The molecule has 3 heterocycles. The van der Waals surface area contributed by atoms with Crippen LogP contribution in [-0.2, 0) is 18.3 Å². The van der Waals surface area contributed by atoms with Crippen molar-refractivity contribution in [3.63, 3.8) is 0 Å². The summed E-state index contributed by atoms with van der Waals surface area (Å²) in [6, 6.07) is 2.03. The molecule has 0 aromatic carbocycles. The summed E-state index contributed by atoms with van der Waals surface area (Å²) in [7, 11) is 3.14. The number of fused-ring (bicyclic) bond motifs is 1. The van der Waals surface area contributed by atoms with Gasteiger partial charge in [-0.1, -0.05) is 13.8 Å². The average molecular weight is 327 g/mol. The molecule has 3 aromatic rings. The number of methoxy groups -OCH3 is 1. The van der Waals surface area contributed by atoms with E-state index in [1.54, 1.807) is 11.7 Å². The van der Waals surface area contributed by atoms with Crippen molar-refractivity contribution < 1.29 is 9.53 Å². The van der Waals surface area contributed by atoms with Gasteiger partial charge in [0.15, 0.2) is 5.69 Å². The maximum Gasteiger partial charge on any atom is 0.358 e. The number of ether oxygens (including phenoxy) is 1. The summed E-state index contributed by atoms with van der Waals surface area (Å²) in [6.07, 6.45) is 3.80. The lowest BCUT2D eigenvalue weighted by atomic mass is 10.1. The first-order valence-electron chi connectivity index (χ1n) is 7.85. The highest BCUT2D eigenvalue weighted by molar-refractivity contribution is 5.88. The second kappa shape index (κ2) is 6.07. The molecule has 0 amide bonds. The third-order valence-electron chi connectivity index (χ3n) is 3.93. The van der Waals surface area contributed by atoms with Gasteiger partial charge in [0.2, 0.25) is 0 Å². The van der Waals surface area contributed by atoms with Crippen LogP contribution >= 0.6 is 0 Å². The maximum atomic E-state index is 11.9. The number of esters is 1. The van der Waals surface area contributed by atoms with Gasteiger partial charge in [0.25, 0.3) is 0 Å². The molecule has 7 heteroatoms. The van der Waals surface area contributed by atoms with Crippen LogP contribution in [0.25, 0.3) is 11.0 Å². The van der Waals surface area contributed by atoms with Crippen LogP contribution < -0.4 is 0 Å². The predicted octanol–water partition coefficient (Wildman–Crippen LogP) is 2.43. The van der Waals surface area contributed by atoms with E-state index in [1.165, 1.54) is 7.11 Å². The van der Waals surface area contributed by atoms with Crippen molar-refractivity contribution in [1.82, 2.24) is 24.3 Å². The van der Waals surface area contributed by atoms with Gasteiger partial charge in [0.1, 0.15) is 11.5 Å². The van der Waals surface area contributed by atoms with E-state index in [1.807, 2.05) is 30.0 Å². The van der Waals surface area contributed by atoms with Crippen molar-refractivity contribution in [3.8, 4) is 0 Å². The molecule has 0 saturated heterocycles. The van der Waals surface area contributed by atoms with Gasteiger partial charge >= 0.3 is 5.97 Å². The van der Waals surface area contributed by atoms with Gasteiger partial charge < -0.3 is 9.30 Å². The monoisotopic (exact) mass is 327 g/mol. The minimum atomic E-state index is -0.435. The van der Waals surface area contributed by atoms with Crippen LogP contribution in [0.5, 0.6) is 0 Å². The Bertz CT molecular complexity index is 907. The minimum absolute atomic E-state index is 0.314. The maximum absolute atomic E-state index is 11.9. The van der Waals surface area contributed by atoms with E-state index in [9.17, 15) is 4.79 Å². The fraction of sp³-hybridized carbons (Fsp3) is 0.412. The van der Waals surface area contributed by atoms with Crippen molar-refractivity contribution in [2.75, 3.05) is 7.11 Å². The number of carbonyl (C=O) groups is 1. The summed E-state index contributed by atoms with van der Waals surface area (Å²) in [5.74, 6) is 0.621. The largest absolute Gasteiger partial charge is 0.464 e. The first kappa shape index (κ1) is 16.2. The number of hydrogen-bond donors (Lipinski definition) is 0. The topological polar surface area (TPSA) is 74.8 Å². The minimum Gasteiger partial charge on any atom is -0.464 e. The zero-order valence-corrected chi connectivity index (χ0v) is 14.6. The Labute approximate surface area is 140 Å². The number of hydrogen-bond acceptors (Lipinski definition) is 5. The fourth-order valence-corrected chi connectivity index (χ4v) is 2.87. The SMILES string of the molecule is COC(=O)c1nn(C)cc1Cn1ccc2c(C(C)C)nc(C)nc21. The Morgan fingerprint density at radius 3 is 2.75 bits per heavy atom. The van der Waals surface area contributed by atoms with Crippen LogP contribution in [0.4, 0.5) is 0 Å². The number of rotatable bonds is 4. The molecule has 0 saturated carbocycles. The molecule has 0 radical (unpaired) electrons. The highest BCUT2D eigenvalue weighted by Gasteiger charge is 2.19. The molecule has 0 fully saturated rings. The molecule has 0 spiro atoms. The first-order chi connectivity index (χ1) is 11.4. The highest BCUT2D eigenvalue weighted by Crippen LogP contribution is 2.24. The average Bonchev–Trinajstić information content (AvgIpc) is 3.10. The van der Waals surface area contributed by atoms with E-state index in [0.717, 1.165) is 28.1 Å². The molecule has 0 aliphatic rings. The van der Waals surface area contributed by atoms with E-state index in [0.29, 0.717) is 18.2 Å². The van der Waals surface area contributed by atoms with Crippen LogP contribution in [0.2, 0.25) is 0 Å². The molecule has 24 heavy (non-hydrogen) atoms. The van der Waals surface area contributed by atoms with Crippen molar-refractivity contribution in [1.29, 1.82) is 0 Å². The van der Waals surface area contributed by atoms with E-state index < -0.39 is 5.97 Å². The molecule has 0 unspecified atom stereocenters. The molecule has 0 N–H and O–H groups in total. The normalized spacial score (nSPS) is 11.4. The standard InChI is InChI=1S/C17H21N5O2/c1-10(2)14-13-6-7-22(16(13)19-11(3)18-14)9-12-8-21(4)20-15(12)17(23)24-5/h6-8,10H,9H2,1-5H3. The van der Waals surface area contributed by atoms with Crippen LogP contribution in [-0.4, -0.2) is 37.4 Å². The van der Waals surface area contributed by atoms with Crippen LogP contribution in [0.1, 0.15) is 47.3 Å². The summed E-state index contributed by atoms with van der Waals surface area (Å²) in [5, 5.41) is 5.24. The highest BCUT2D eigenvalue weighted by atomic mass is 16.5. The van der Waals surface area contributed by atoms with Gasteiger partial charge in [-0.3, -0.25) is 4.68 Å². The van der Waals surface area contributed by atoms with Gasteiger partial charge in [0, 0.05) is 30.4 Å². The Kier molecular flexibility index (Phi) is 4.09. The van der Waals surface area contributed by atoms with Gasteiger partial charge in [-0.05, 0) is 18.9 Å². The molecule has 3 aromatic heterocycles. The fourth-order valence-electron chi connectivity index (χ4n) is 2.87. The van der Waals surface area contributed by atoms with Crippen LogP contribution in [0, 0.1) is 6.92 Å². The third-order valence-corrected chi connectivity index (χ3v) is 3.93. The van der Waals surface area contributed by atoms with Crippen molar-refractivity contribution in [3.05, 3.63) is 41.2 Å². The first-order valence-corrected chi connectivity index (χ1v) is 7.85. The van der Waals surface area contributed by atoms with Gasteiger partial charge in [0.05, 0.1) is 19.3 Å². The molecule has 3 rings (SSSR count). The Morgan fingerprint density at radius 2 is 2.08 bits per heavy atom. The smallest absolute Gasteiger partial charge is 0.358 e. The molecule has 0 aliphatic carbocycles. The van der Waals surface area contributed by atoms with E-state index >= 15 is 0 Å². The third kappa shape index (κ3) is 2.77. The zero-order chi connectivity index (χ0) is 17.4. The molecular formula is C17H21N5O2. The summed E-state index contributed by atoms with van der Waals surface area (Å²) in [6.45, 7) is 6.63. The lowest BCUT2D eigenvalue weighted by Crippen LogP contribution is -2.09. The Hall–Kier alpha value is -2.70. The summed E-state index contributed by atoms with van der Waals surface area (Å²) >= 11 is 0.